The molecule has 0 atom stereocenters. The van der Waals surface area contributed by atoms with E-state index in [0.29, 0.717) is 0 Å². The van der Waals surface area contributed by atoms with Crippen molar-refractivity contribution in [3.63, 3.8) is 0 Å². The van der Waals surface area contributed by atoms with Crippen molar-refractivity contribution in [3.05, 3.63) is 58.3 Å². The van der Waals surface area contributed by atoms with Gasteiger partial charge in [0.2, 0.25) is 11.2 Å². The first-order valence-corrected chi connectivity index (χ1v) is 9.09. The SMILES string of the molecule is O=C(Oc1c(-c2ccc(O)c(O)c2)oc2cc(O)cc(O)c2c1=O)c1cc(O)c(O)c(O)c1. The van der Waals surface area contributed by atoms with Crippen LogP contribution in [0.15, 0.2) is 51.7 Å². The van der Waals surface area contributed by atoms with Gasteiger partial charge < -0.3 is 44.9 Å². The molecule has 0 amide bonds. The lowest BCUT2D eigenvalue weighted by atomic mass is 10.1. The van der Waals surface area contributed by atoms with Crippen LogP contribution in [0.1, 0.15) is 10.4 Å². The van der Waals surface area contributed by atoms with Gasteiger partial charge in [0.1, 0.15) is 22.5 Å². The second-order valence-corrected chi connectivity index (χ2v) is 6.88. The Kier molecular flexibility index (Phi) is 4.86. The van der Waals surface area contributed by atoms with Gasteiger partial charge in [-0.15, -0.1) is 0 Å². The number of carbonyl (C=O) groups is 1. The summed E-state index contributed by atoms with van der Waals surface area (Å²) in [6.45, 7) is 0. The molecule has 7 N–H and O–H groups in total. The molecular formula is C22H14O11. The van der Waals surface area contributed by atoms with Gasteiger partial charge in [-0.3, -0.25) is 4.79 Å². The summed E-state index contributed by atoms with van der Waals surface area (Å²) < 4.78 is 10.8. The number of phenolic OH excluding ortho intramolecular Hbond substituents is 7. The van der Waals surface area contributed by atoms with Crippen molar-refractivity contribution in [2.24, 2.45) is 0 Å². The van der Waals surface area contributed by atoms with Gasteiger partial charge in [0, 0.05) is 17.7 Å². The number of fused-ring (bicyclic) bond motifs is 1. The van der Waals surface area contributed by atoms with E-state index in [4.69, 9.17) is 9.15 Å². The maximum Gasteiger partial charge on any atom is 0.344 e. The molecule has 0 aliphatic carbocycles. The van der Waals surface area contributed by atoms with Crippen LogP contribution in [0.4, 0.5) is 0 Å². The molecule has 0 saturated carbocycles. The van der Waals surface area contributed by atoms with E-state index in [1.165, 1.54) is 6.07 Å². The molecule has 0 fully saturated rings. The molecule has 0 saturated heterocycles. The highest BCUT2D eigenvalue weighted by molar-refractivity contribution is 5.95. The number of ether oxygens (including phenoxy) is 1. The van der Waals surface area contributed by atoms with Gasteiger partial charge in [-0.1, -0.05) is 0 Å². The number of benzene rings is 3. The van der Waals surface area contributed by atoms with E-state index in [9.17, 15) is 45.3 Å². The first kappa shape index (κ1) is 21.2. The van der Waals surface area contributed by atoms with E-state index in [0.717, 1.165) is 36.4 Å². The molecule has 1 aromatic heterocycles. The van der Waals surface area contributed by atoms with Crippen molar-refractivity contribution < 1.29 is 49.7 Å². The molecule has 11 heteroatoms. The Morgan fingerprint density at radius 2 is 1.42 bits per heavy atom. The molecule has 0 radical (unpaired) electrons. The van der Waals surface area contributed by atoms with Crippen LogP contribution in [0, 0.1) is 0 Å². The largest absolute Gasteiger partial charge is 0.508 e. The zero-order valence-electron chi connectivity index (χ0n) is 16.3. The summed E-state index contributed by atoms with van der Waals surface area (Å²) in [6, 6.07) is 6.78. The van der Waals surface area contributed by atoms with Gasteiger partial charge in [-0.25, -0.2) is 4.79 Å². The number of carbonyl (C=O) groups excluding carboxylic acids is 1. The van der Waals surface area contributed by atoms with Gasteiger partial charge in [0.15, 0.2) is 34.5 Å². The molecule has 1 heterocycles. The van der Waals surface area contributed by atoms with E-state index < -0.39 is 74.1 Å². The standard InChI is InChI=1S/C22H14O11/c23-10-6-13(26)17-16(7-10)32-20(8-1-2-11(24)12(25)3-8)21(19(17)30)33-22(31)9-4-14(27)18(29)15(28)5-9/h1-7,23-29H. The Balaban J connectivity index is 1.95. The molecule has 33 heavy (non-hydrogen) atoms. The lowest BCUT2D eigenvalue weighted by Crippen LogP contribution is -2.16. The predicted octanol–water partition coefficient (Wildman–Crippen LogP) is 2.62. The fourth-order valence-electron chi connectivity index (χ4n) is 3.09. The van der Waals surface area contributed by atoms with Crippen molar-refractivity contribution in [2.75, 3.05) is 0 Å². The van der Waals surface area contributed by atoms with Crippen molar-refractivity contribution >= 4 is 16.9 Å². The second-order valence-electron chi connectivity index (χ2n) is 6.88. The van der Waals surface area contributed by atoms with Crippen molar-refractivity contribution in [2.45, 2.75) is 0 Å². The normalized spacial score (nSPS) is 10.9. The average Bonchev–Trinajstić information content (AvgIpc) is 2.74. The van der Waals surface area contributed by atoms with Crippen LogP contribution in [0.2, 0.25) is 0 Å². The van der Waals surface area contributed by atoms with E-state index in [1.54, 1.807) is 0 Å². The Labute approximate surface area is 182 Å². The monoisotopic (exact) mass is 454 g/mol. The fraction of sp³-hybridized carbons (Fsp3) is 0. The summed E-state index contributed by atoms with van der Waals surface area (Å²) in [4.78, 5) is 25.8. The van der Waals surface area contributed by atoms with Crippen LogP contribution in [0.5, 0.6) is 46.0 Å². The third kappa shape index (κ3) is 3.63. The summed E-state index contributed by atoms with van der Waals surface area (Å²) in [7, 11) is 0. The second kappa shape index (κ2) is 7.57. The van der Waals surface area contributed by atoms with Gasteiger partial charge in [-0.2, -0.15) is 0 Å². The Hall–Kier alpha value is -5.06. The van der Waals surface area contributed by atoms with Crippen molar-refractivity contribution in [1.82, 2.24) is 0 Å². The zero-order chi connectivity index (χ0) is 24.0. The maximum atomic E-state index is 13.1. The molecular weight excluding hydrogens is 440 g/mol. The molecule has 11 nitrogen and oxygen atoms in total. The molecule has 4 rings (SSSR count). The molecule has 0 aliphatic heterocycles. The van der Waals surface area contributed by atoms with Crippen LogP contribution < -0.4 is 10.2 Å². The van der Waals surface area contributed by atoms with Gasteiger partial charge in [0.25, 0.3) is 0 Å². The van der Waals surface area contributed by atoms with E-state index in [-0.39, 0.29) is 11.1 Å². The minimum atomic E-state index is -1.25. The van der Waals surface area contributed by atoms with Crippen LogP contribution in [-0.4, -0.2) is 41.7 Å². The quantitative estimate of drug-likeness (QED) is 0.177. The maximum absolute atomic E-state index is 13.1. The first-order valence-electron chi connectivity index (χ1n) is 9.09. The Bertz CT molecular complexity index is 1480. The molecule has 3 aromatic carbocycles. The van der Waals surface area contributed by atoms with Gasteiger partial charge in [-0.05, 0) is 30.3 Å². The summed E-state index contributed by atoms with van der Waals surface area (Å²) in [5.74, 6) is -7.10. The minimum Gasteiger partial charge on any atom is -0.508 e. The molecule has 0 spiro atoms. The highest BCUT2D eigenvalue weighted by Crippen LogP contribution is 2.39. The molecule has 4 aromatic rings. The van der Waals surface area contributed by atoms with Crippen LogP contribution in [-0.2, 0) is 0 Å². The fourth-order valence-corrected chi connectivity index (χ4v) is 3.09. The first-order chi connectivity index (χ1) is 15.6. The summed E-state index contributed by atoms with van der Waals surface area (Å²) in [5, 5.41) is 67.6. The average molecular weight is 454 g/mol. The van der Waals surface area contributed by atoms with Crippen molar-refractivity contribution in [1.29, 1.82) is 0 Å². The summed E-state index contributed by atoms with van der Waals surface area (Å²) in [5.41, 5.74) is -1.78. The van der Waals surface area contributed by atoms with Crippen LogP contribution in [0.25, 0.3) is 22.3 Å². The molecule has 168 valence electrons. The van der Waals surface area contributed by atoms with Crippen LogP contribution in [0.3, 0.4) is 0 Å². The number of hydrogen-bond acceptors (Lipinski definition) is 11. The number of esters is 1. The lowest BCUT2D eigenvalue weighted by molar-refractivity contribution is 0.0730. The highest BCUT2D eigenvalue weighted by Gasteiger charge is 2.25. The summed E-state index contributed by atoms with van der Waals surface area (Å²) >= 11 is 0. The number of phenols is 7. The lowest BCUT2D eigenvalue weighted by Gasteiger charge is -2.12. The highest BCUT2D eigenvalue weighted by atomic mass is 16.5. The summed E-state index contributed by atoms with van der Waals surface area (Å²) in [6.07, 6.45) is 0. The van der Waals surface area contributed by atoms with Gasteiger partial charge >= 0.3 is 5.97 Å². The molecule has 0 aliphatic rings. The smallest absolute Gasteiger partial charge is 0.344 e. The number of hydrogen-bond donors (Lipinski definition) is 7. The minimum absolute atomic E-state index is 0.0219. The third-order valence-electron chi connectivity index (χ3n) is 4.66. The Morgan fingerprint density at radius 3 is 2.06 bits per heavy atom. The third-order valence-corrected chi connectivity index (χ3v) is 4.66. The van der Waals surface area contributed by atoms with Crippen molar-refractivity contribution in [3.8, 4) is 57.3 Å². The van der Waals surface area contributed by atoms with E-state index >= 15 is 0 Å². The topological polar surface area (TPSA) is 198 Å². The van der Waals surface area contributed by atoms with Crippen LogP contribution >= 0.6 is 0 Å². The van der Waals surface area contributed by atoms with Gasteiger partial charge in [0.05, 0.1) is 5.56 Å². The predicted molar refractivity (Wildman–Crippen MR) is 111 cm³/mol. The van der Waals surface area contributed by atoms with E-state index in [2.05, 4.69) is 0 Å². The number of aromatic hydroxyl groups is 7. The molecule has 0 unspecified atom stereocenters. The molecule has 0 bridgehead atoms. The zero-order valence-corrected chi connectivity index (χ0v) is 16.3. The number of rotatable bonds is 3. The Morgan fingerprint density at radius 1 is 0.758 bits per heavy atom. The van der Waals surface area contributed by atoms with E-state index in [1.807, 2.05) is 0 Å².